The van der Waals surface area contributed by atoms with E-state index in [1.165, 1.54) is 5.56 Å². The fourth-order valence-corrected chi connectivity index (χ4v) is 3.13. The van der Waals surface area contributed by atoms with Crippen LogP contribution in [0.1, 0.15) is 18.4 Å². The highest BCUT2D eigenvalue weighted by Gasteiger charge is 2.21. The predicted molar refractivity (Wildman–Crippen MR) is 98.6 cm³/mol. The monoisotopic (exact) mass is 338 g/mol. The van der Waals surface area contributed by atoms with Crippen LogP contribution in [-0.4, -0.2) is 32.0 Å². The summed E-state index contributed by atoms with van der Waals surface area (Å²) in [6, 6.07) is 17.6. The Morgan fingerprint density at radius 1 is 1.12 bits per heavy atom. The molecule has 2 aromatic rings. The molecule has 0 saturated carbocycles. The first-order chi connectivity index (χ1) is 12.1. The lowest BCUT2D eigenvalue weighted by Gasteiger charge is -2.16. The number of nitrogens with zero attached hydrogens (tertiary/aromatic N) is 1. The number of hydrogen-bond donors (Lipinski definition) is 2. The van der Waals surface area contributed by atoms with Gasteiger partial charge < -0.3 is 15.1 Å². The Balaban J connectivity index is 1.51. The summed E-state index contributed by atoms with van der Waals surface area (Å²) in [7, 11) is 2.01. The first-order valence-corrected chi connectivity index (χ1v) is 8.67. The number of anilines is 2. The van der Waals surface area contributed by atoms with E-state index in [1.807, 2.05) is 49.5 Å². The van der Waals surface area contributed by atoms with Crippen LogP contribution in [0.4, 0.5) is 11.4 Å². The average Bonchev–Trinajstić information content (AvgIpc) is 3.02. The number of benzene rings is 2. The van der Waals surface area contributed by atoms with Crippen LogP contribution in [0.3, 0.4) is 0 Å². The molecule has 2 amide bonds. The number of nitrogens with one attached hydrogen (secondary N) is 2. The van der Waals surface area contributed by atoms with Crippen molar-refractivity contribution in [1.29, 1.82) is 0 Å². The van der Waals surface area contributed by atoms with Crippen molar-refractivity contribution in [3.05, 3.63) is 60.2 Å². The largest absolute Gasteiger partial charge is 0.326 e. The third-order valence-corrected chi connectivity index (χ3v) is 4.35. The van der Waals surface area contributed by atoms with Crippen LogP contribution in [0.25, 0.3) is 0 Å². The summed E-state index contributed by atoms with van der Waals surface area (Å²) in [5.74, 6) is 0.154. The van der Waals surface area contributed by atoms with Crippen molar-refractivity contribution in [2.45, 2.75) is 19.4 Å². The second kappa shape index (κ2) is 7.94. The predicted octanol–water partition coefficient (Wildman–Crippen LogP) is 1.47. The van der Waals surface area contributed by atoms with Crippen molar-refractivity contribution in [2.75, 3.05) is 30.4 Å². The smallest absolute Gasteiger partial charge is 0.279 e. The zero-order valence-electron chi connectivity index (χ0n) is 14.5. The fraction of sp³-hybridized carbons (Fsp3) is 0.300. The number of carbonyl (C=O) groups excluding carboxylic acids is 2. The Bertz CT molecular complexity index is 728. The van der Waals surface area contributed by atoms with E-state index in [0.29, 0.717) is 13.0 Å². The van der Waals surface area contributed by atoms with Crippen LogP contribution in [0, 0.1) is 0 Å². The molecule has 1 fully saturated rings. The summed E-state index contributed by atoms with van der Waals surface area (Å²) < 4.78 is 0. The average molecular weight is 338 g/mol. The second-order valence-electron chi connectivity index (χ2n) is 6.54. The number of likely N-dealkylation sites (N-methyl/N-ethyl adjacent to an activating group) is 1. The summed E-state index contributed by atoms with van der Waals surface area (Å²) >= 11 is 0. The van der Waals surface area contributed by atoms with E-state index in [9.17, 15) is 9.59 Å². The highest BCUT2D eigenvalue weighted by Crippen LogP contribution is 2.22. The standard InChI is InChI=1S/C20H23N3O2/c1-22(14-16-6-3-2-4-7-16)15-19(24)21-17-9-11-18(12-10-17)23-13-5-8-20(23)25/h2-4,6-7,9-12H,5,8,13-15H2,1H3,(H,21,24)/p+1. The van der Waals surface area contributed by atoms with E-state index in [4.69, 9.17) is 0 Å². The molecule has 5 nitrogen and oxygen atoms in total. The summed E-state index contributed by atoms with van der Waals surface area (Å²) in [6.45, 7) is 1.99. The molecule has 25 heavy (non-hydrogen) atoms. The third-order valence-electron chi connectivity index (χ3n) is 4.35. The maximum Gasteiger partial charge on any atom is 0.279 e. The highest BCUT2D eigenvalue weighted by atomic mass is 16.2. The van der Waals surface area contributed by atoms with Gasteiger partial charge in [-0.25, -0.2) is 0 Å². The Morgan fingerprint density at radius 2 is 1.84 bits per heavy atom. The third kappa shape index (κ3) is 4.67. The molecule has 0 aliphatic carbocycles. The van der Waals surface area contributed by atoms with E-state index in [-0.39, 0.29) is 11.8 Å². The highest BCUT2D eigenvalue weighted by molar-refractivity contribution is 5.96. The summed E-state index contributed by atoms with van der Waals surface area (Å²) in [5, 5.41) is 2.92. The Labute approximate surface area is 148 Å². The molecule has 1 saturated heterocycles. The zero-order chi connectivity index (χ0) is 17.6. The summed E-state index contributed by atoms with van der Waals surface area (Å²) in [5.41, 5.74) is 2.87. The molecule has 130 valence electrons. The number of rotatable bonds is 6. The van der Waals surface area contributed by atoms with Crippen molar-refractivity contribution >= 4 is 23.2 Å². The molecule has 2 aromatic carbocycles. The van der Waals surface area contributed by atoms with Gasteiger partial charge in [0.05, 0.1) is 7.05 Å². The molecule has 3 rings (SSSR count). The molecule has 0 bridgehead atoms. The lowest BCUT2D eigenvalue weighted by atomic mass is 10.2. The first-order valence-electron chi connectivity index (χ1n) is 8.67. The molecule has 0 radical (unpaired) electrons. The normalized spacial score (nSPS) is 15.2. The van der Waals surface area contributed by atoms with Gasteiger partial charge in [0.15, 0.2) is 6.54 Å². The van der Waals surface area contributed by atoms with Crippen molar-refractivity contribution in [3.63, 3.8) is 0 Å². The SMILES string of the molecule is C[NH+](CC(=O)Nc1ccc(N2CCCC2=O)cc1)Cc1ccccc1. The Hall–Kier alpha value is -2.66. The van der Waals surface area contributed by atoms with Crippen LogP contribution in [-0.2, 0) is 16.1 Å². The van der Waals surface area contributed by atoms with Gasteiger partial charge in [-0.15, -0.1) is 0 Å². The van der Waals surface area contributed by atoms with Gasteiger partial charge in [-0.1, -0.05) is 30.3 Å². The van der Waals surface area contributed by atoms with Gasteiger partial charge in [-0.3, -0.25) is 9.59 Å². The minimum absolute atomic E-state index is 0.0153. The van der Waals surface area contributed by atoms with E-state index >= 15 is 0 Å². The summed E-state index contributed by atoms with van der Waals surface area (Å²) in [4.78, 5) is 26.9. The molecule has 1 heterocycles. The van der Waals surface area contributed by atoms with Crippen LogP contribution >= 0.6 is 0 Å². The number of carbonyl (C=O) groups is 2. The molecular formula is C20H24N3O2+. The summed E-state index contributed by atoms with van der Waals surface area (Å²) in [6.07, 6.45) is 1.53. The van der Waals surface area contributed by atoms with Crippen molar-refractivity contribution in [3.8, 4) is 0 Å². The molecule has 1 unspecified atom stereocenters. The van der Waals surface area contributed by atoms with Gasteiger partial charge in [0.25, 0.3) is 5.91 Å². The van der Waals surface area contributed by atoms with E-state index in [0.717, 1.165) is 35.8 Å². The van der Waals surface area contributed by atoms with Crippen LogP contribution in [0.5, 0.6) is 0 Å². The van der Waals surface area contributed by atoms with Gasteiger partial charge in [-0.2, -0.15) is 0 Å². The first kappa shape index (κ1) is 17.2. The van der Waals surface area contributed by atoms with E-state index in [2.05, 4.69) is 17.4 Å². The van der Waals surface area contributed by atoms with Crippen LogP contribution < -0.4 is 15.1 Å². The number of hydrogen-bond acceptors (Lipinski definition) is 2. The molecular weight excluding hydrogens is 314 g/mol. The van der Waals surface area contributed by atoms with E-state index in [1.54, 1.807) is 4.90 Å². The number of amides is 2. The Kier molecular flexibility index (Phi) is 5.46. The maximum atomic E-state index is 12.2. The maximum absolute atomic E-state index is 12.2. The lowest BCUT2D eigenvalue weighted by molar-refractivity contribution is -0.885. The lowest BCUT2D eigenvalue weighted by Crippen LogP contribution is -3.08. The van der Waals surface area contributed by atoms with Crippen molar-refractivity contribution in [2.24, 2.45) is 0 Å². The van der Waals surface area contributed by atoms with Crippen molar-refractivity contribution < 1.29 is 14.5 Å². The molecule has 0 aromatic heterocycles. The molecule has 5 heteroatoms. The minimum atomic E-state index is -0.0153. The molecule has 1 atom stereocenters. The fourth-order valence-electron chi connectivity index (χ4n) is 3.13. The zero-order valence-corrected chi connectivity index (χ0v) is 14.5. The van der Waals surface area contributed by atoms with Crippen LogP contribution in [0.15, 0.2) is 54.6 Å². The quantitative estimate of drug-likeness (QED) is 0.838. The van der Waals surface area contributed by atoms with Gasteiger partial charge in [-0.05, 0) is 30.7 Å². The molecule has 2 N–H and O–H groups in total. The molecule has 1 aliphatic rings. The Morgan fingerprint density at radius 3 is 2.48 bits per heavy atom. The minimum Gasteiger partial charge on any atom is -0.326 e. The molecule has 1 aliphatic heterocycles. The van der Waals surface area contributed by atoms with Crippen LogP contribution in [0.2, 0.25) is 0 Å². The van der Waals surface area contributed by atoms with Gasteiger partial charge in [0.2, 0.25) is 5.91 Å². The van der Waals surface area contributed by atoms with Gasteiger partial charge in [0.1, 0.15) is 6.54 Å². The van der Waals surface area contributed by atoms with Crippen molar-refractivity contribution in [1.82, 2.24) is 0 Å². The van der Waals surface area contributed by atoms with E-state index < -0.39 is 0 Å². The topological polar surface area (TPSA) is 53.9 Å². The second-order valence-corrected chi connectivity index (χ2v) is 6.54. The number of quaternary nitrogens is 1. The van der Waals surface area contributed by atoms with Gasteiger partial charge >= 0.3 is 0 Å². The van der Waals surface area contributed by atoms with Gasteiger partial charge in [0, 0.05) is 29.9 Å². The molecule has 0 spiro atoms.